The molecule has 1 aromatic carbocycles. The molecule has 2 rings (SSSR count). The Kier molecular flexibility index (Phi) is 8.53. The predicted octanol–water partition coefficient (Wildman–Crippen LogP) is 3.38. The Morgan fingerprint density at radius 3 is 2.59 bits per heavy atom. The number of hydrogen-bond donors (Lipinski definition) is 3. The third-order valence-corrected chi connectivity index (χ3v) is 4.77. The molecule has 0 amide bonds. The molecule has 0 aliphatic carbocycles. The average Bonchev–Trinajstić information content (AvgIpc) is 3.01. The Balaban J connectivity index is 1.87. The summed E-state index contributed by atoms with van der Waals surface area (Å²) in [5, 5.41) is 17.3. The van der Waals surface area contributed by atoms with Crippen molar-refractivity contribution in [3.63, 3.8) is 0 Å². The number of hydrogen-bond acceptors (Lipinski definition) is 4. The number of guanidine groups is 1. The van der Waals surface area contributed by atoms with E-state index in [-0.39, 0.29) is 0 Å². The Hall–Kier alpha value is -3.01. The zero-order chi connectivity index (χ0) is 21.2. The van der Waals surface area contributed by atoms with Gasteiger partial charge in [0.25, 0.3) is 0 Å². The smallest absolute Gasteiger partial charge is 0.188 e. The molecule has 0 spiro atoms. The minimum Gasteiger partial charge on any atom is -0.382 e. The van der Waals surface area contributed by atoms with Crippen molar-refractivity contribution in [2.24, 2.45) is 16.6 Å². The molecule has 1 aromatic heterocycles. The van der Waals surface area contributed by atoms with Gasteiger partial charge >= 0.3 is 0 Å². The van der Waals surface area contributed by atoms with E-state index >= 15 is 0 Å². The Morgan fingerprint density at radius 2 is 1.93 bits per heavy atom. The van der Waals surface area contributed by atoms with E-state index < -0.39 is 0 Å². The summed E-state index contributed by atoms with van der Waals surface area (Å²) in [5.74, 6) is 1.57. The predicted molar refractivity (Wildman–Crippen MR) is 119 cm³/mol. The van der Waals surface area contributed by atoms with Crippen LogP contribution in [0.4, 0.5) is 5.82 Å². The van der Waals surface area contributed by atoms with E-state index in [1.54, 1.807) is 4.68 Å². The molecular weight excluding hydrogens is 362 g/mol. The number of nitrogens with one attached hydrogen (secondary N) is 1. The summed E-state index contributed by atoms with van der Waals surface area (Å²) in [4.78, 5) is 4.40. The minimum absolute atomic E-state index is 0.309. The average molecular weight is 396 g/mol. The molecule has 156 valence electrons. The number of aryl methyl sites for hydroxylation is 1. The molecule has 1 unspecified atom stereocenters. The Labute approximate surface area is 173 Å². The molecule has 0 saturated carbocycles. The number of nitriles is 1. The molecule has 0 bridgehead atoms. The van der Waals surface area contributed by atoms with E-state index in [4.69, 9.17) is 11.5 Å². The molecule has 7 heteroatoms. The van der Waals surface area contributed by atoms with Crippen molar-refractivity contribution in [3.8, 4) is 11.8 Å². The van der Waals surface area contributed by atoms with Crippen molar-refractivity contribution >= 4 is 11.8 Å². The quantitative estimate of drug-likeness (QED) is 0.324. The largest absolute Gasteiger partial charge is 0.382 e. The maximum absolute atomic E-state index is 9.47. The molecule has 0 fully saturated rings. The van der Waals surface area contributed by atoms with Crippen molar-refractivity contribution < 1.29 is 0 Å². The van der Waals surface area contributed by atoms with Crippen LogP contribution in [0.2, 0.25) is 0 Å². The number of nitrogen functional groups attached to an aromatic ring is 1. The van der Waals surface area contributed by atoms with Crippen LogP contribution in [0.5, 0.6) is 0 Å². The SMILES string of the molecule is CC(C)CCCC(C)NC(N)=NCCCc1nn(-c2ccccc2)c(N)c1C#N. The molecule has 1 atom stereocenters. The standard InChI is InChI=1S/C22H33N7/c1-16(2)9-7-10-17(3)27-22(25)26-14-8-13-20-19(15-23)21(24)29(28-20)18-11-5-4-6-12-18/h4-6,11-12,16-17H,7-10,13-14,24H2,1-3H3,(H3,25,26,27). The number of anilines is 1. The fourth-order valence-corrected chi connectivity index (χ4v) is 3.19. The third-order valence-electron chi connectivity index (χ3n) is 4.77. The molecule has 0 saturated heterocycles. The summed E-state index contributed by atoms with van der Waals surface area (Å²) in [7, 11) is 0. The molecule has 5 N–H and O–H groups in total. The lowest BCUT2D eigenvalue weighted by Crippen LogP contribution is -2.38. The molecule has 0 radical (unpaired) electrons. The van der Waals surface area contributed by atoms with E-state index in [2.05, 4.69) is 42.2 Å². The van der Waals surface area contributed by atoms with Crippen LogP contribution in [0.3, 0.4) is 0 Å². The van der Waals surface area contributed by atoms with Crippen molar-refractivity contribution in [1.29, 1.82) is 5.26 Å². The van der Waals surface area contributed by atoms with Crippen molar-refractivity contribution in [1.82, 2.24) is 15.1 Å². The van der Waals surface area contributed by atoms with E-state index in [1.807, 2.05) is 30.3 Å². The molecule has 0 aliphatic rings. The maximum atomic E-state index is 9.47. The monoisotopic (exact) mass is 395 g/mol. The first kappa shape index (κ1) is 22.3. The second kappa shape index (κ2) is 11.1. The van der Waals surface area contributed by atoms with Crippen LogP contribution in [0.15, 0.2) is 35.3 Å². The molecule has 1 heterocycles. The van der Waals surface area contributed by atoms with Crippen LogP contribution < -0.4 is 16.8 Å². The highest BCUT2D eigenvalue weighted by Gasteiger charge is 2.16. The number of benzene rings is 1. The van der Waals surface area contributed by atoms with E-state index in [1.165, 1.54) is 12.8 Å². The van der Waals surface area contributed by atoms with Crippen LogP contribution in [-0.4, -0.2) is 28.3 Å². The Bertz CT molecular complexity index is 831. The van der Waals surface area contributed by atoms with Gasteiger partial charge in [-0.15, -0.1) is 0 Å². The van der Waals surface area contributed by atoms with Gasteiger partial charge in [-0.2, -0.15) is 10.4 Å². The van der Waals surface area contributed by atoms with Gasteiger partial charge in [-0.05, 0) is 44.2 Å². The zero-order valence-corrected chi connectivity index (χ0v) is 17.7. The van der Waals surface area contributed by atoms with E-state index in [0.717, 1.165) is 24.4 Å². The van der Waals surface area contributed by atoms with Gasteiger partial charge in [0.2, 0.25) is 0 Å². The van der Waals surface area contributed by atoms with Gasteiger partial charge in [0.05, 0.1) is 11.4 Å². The lowest BCUT2D eigenvalue weighted by atomic mass is 10.0. The first-order valence-electron chi connectivity index (χ1n) is 10.3. The summed E-state index contributed by atoms with van der Waals surface area (Å²) in [6.07, 6.45) is 4.85. The Morgan fingerprint density at radius 1 is 1.21 bits per heavy atom. The fourth-order valence-electron chi connectivity index (χ4n) is 3.19. The topological polar surface area (TPSA) is 118 Å². The third kappa shape index (κ3) is 6.83. The molecule has 29 heavy (non-hydrogen) atoms. The van der Waals surface area contributed by atoms with Crippen LogP contribution in [0.25, 0.3) is 5.69 Å². The highest BCUT2D eigenvalue weighted by atomic mass is 15.3. The van der Waals surface area contributed by atoms with Crippen molar-refractivity contribution in [3.05, 3.63) is 41.6 Å². The number of para-hydroxylation sites is 1. The number of aliphatic imine (C=N–C) groups is 1. The highest BCUT2D eigenvalue weighted by Crippen LogP contribution is 2.21. The van der Waals surface area contributed by atoms with Gasteiger partial charge < -0.3 is 16.8 Å². The summed E-state index contributed by atoms with van der Waals surface area (Å²) < 4.78 is 1.62. The zero-order valence-electron chi connectivity index (χ0n) is 17.7. The van der Waals surface area contributed by atoms with Crippen LogP contribution >= 0.6 is 0 Å². The first-order valence-corrected chi connectivity index (χ1v) is 10.3. The summed E-state index contributed by atoms with van der Waals surface area (Å²) >= 11 is 0. The maximum Gasteiger partial charge on any atom is 0.188 e. The number of rotatable bonds is 10. The summed E-state index contributed by atoms with van der Waals surface area (Å²) in [5.41, 5.74) is 14.1. The number of nitrogens with zero attached hydrogens (tertiary/aromatic N) is 4. The second-order valence-electron chi connectivity index (χ2n) is 7.81. The highest BCUT2D eigenvalue weighted by molar-refractivity contribution is 5.78. The van der Waals surface area contributed by atoms with Gasteiger partial charge in [0.15, 0.2) is 5.96 Å². The normalized spacial score (nSPS) is 12.7. The van der Waals surface area contributed by atoms with Gasteiger partial charge in [-0.1, -0.05) is 44.9 Å². The van der Waals surface area contributed by atoms with E-state index in [0.29, 0.717) is 42.0 Å². The molecule has 2 aromatic rings. The van der Waals surface area contributed by atoms with Crippen LogP contribution in [-0.2, 0) is 6.42 Å². The van der Waals surface area contributed by atoms with Gasteiger partial charge in [-0.25, -0.2) is 4.68 Å². The fraction of sp³-hybridized carbons (Fsp3) is 0.500. The number of aromatic nitrogens is 2. The van der Waals surface area contributed by atoms with E-state index in [9.17, 15) is 5.26 Å². The van der Waals surface area contributed by atoms with Crippen LogP contribution in [0, 0.1) is 17.2 Å². The van der Waals surface area contributed by atoms with Gasteiger partial charge in [0.1, 0.15) is 17.5 Å². The molecule has 0 aliphatic heterocycles. The summed E-state index contributed by atoms with van der Waals surface area (Å²) in [6, 6.07) is 12.1. The lowest BCUT2D eigenvalue weighted by molar-refractivity contribution is 0.493. The second-order valence-corrected chi connectivity index (χ2v) is 7.81. The van der Waals surface area contributed by atoms with Gasteiger partial charge in [0, 0.05) is 12.6 Å². The van der Waals surface area contributed by atoms with Crippen molar-refractivity contribution in [2.75, 3.05) is 12.3 Å². The van der Waals surface area contributed by atoms with Crippen LogP contribution in [0.1, 0.15) is 57.7 Å². The molecule has 7 nitrogen and oxygen atoms in total. The van der Waals surface area contributed by atoms with Crippen molar-refractivity contribution in [2.45, 2.75) is 58.9 Å². The summed E-state index contributed by atoms with van der Waals surface area (Å²) in [6.45, 7) is 7.17. The lowest BCUT2D eigenvalue weighted by Gasteiger charge is -2.15. The molecular formula is C22H33N7. The first-order chi connectivity index (χ1) is 13.9. The minimum atomic E-state index is 0.309. The van der Waals surface area contributed by atoms with Gasteiger partial charge in [-0.3, -0.25) is 4.99 Å². The number of nitrogens with two attached hydrogens (primary N) is 2.